The molecule has 0 aromatic heterocycles. The van der Waals surface area contributed by atoms with Gasteiger partial charge < -0.3 is 0 Å². The molecule has 2 amide bonds. The van der Waals surface area contributed by atoms with Crippen LogP contribution in [0.25, 0.3) is 0 Å². The van der Waals surface area contributed by atoms with E-state index in [4.69, 9.17) is 0 Å². The molecular formula is C20H28N2O4S. The van der Waals surface area contributed by atoms with Crippen LogP contribution in [0.2, 0.25) is 0 Å². The number of nitrogens with zero attached hydrogens (tertiary/aromatic N) is 1. The highest BCUT2D eigenvalue weighted by Gasteiger charge is 2.47. The van der Waals surface area contributed by atoms with Crippen molar-refractivity contribution in [2.45, 2.75) is 70.4 Å². The summed E-state index contributed by atoms with van der Waals surface area (Å²) in [6, 6.07) is 5.09. The number of amides is 2. The monoisotopic (exact) mass is 392 g/mol. The molecule has 3 rings (SSSR count). The average Bonchev–Trinajstić information content (AvgIpc) is 2.80. The van der Waals surface area contributed by atoms with E-state index in [1.165, 1.54) is 4.90 Å². The van der Waals surface area contributed by atoms with Gasteiger partial charge in [-0.1, -0.05) is 25.0 Å². The first kappa shape index (κ1) is 20.0. The number of sulfonamides is 1. The Kier molecular flexibility index (Phi) is 5.20. The van der Waals surface area contributed by atoms with E-state index in [0.29, 0.717) is 11.1 Å². The van der Waals surface area contributed by atoms with Crippen LogP contribution in [-0.4, -0.2) is 30.7 Å². The van der Waals surface area contributed by atoms with Crippen LogP contribution < -0.4 is 4.72 Å². The lowest BCUT2D eigenvalue weighted by Gasteiger charge is -2.22. The summed E-state index contributed by atoms with van der Waals surface area (Å²) in [5, 5.41) is 0. The SMILES string of the molecule is Cc1ccc(CN2C(=O)[C@@H]3CCCC[C@H]3C2=O)cc1S(=O)(=O)NC(C)(C)C. The van der Waals surface area contributed by atoms with Gasteiger partial charge in [-0.3, -0.25) is 14.5 Å². The molecule has 1 saturated heterocycles. The Balaban J connectivity index is 1.87. The van der Waals surface area contributed by atoms with Crippen molar-refractivity contribution in [3.8, 4) is 0 Å². The van der Waals surface area contributed by atoms with Crippen molar-refractivity contribution < 1.29 is 18.0 Å². The molecule has 0 spiro atoms. The standard InChI is InChI=1S/C20H28N2O4S/c1-13-9-10-14(11-17(13)27(25,26)21-20(2,3)4)12-22-18(23)15-7-5-6-8-16(15)19(22)24/h9-11,15-16,21H,5-8,12H2,1-4H3/t15-,16-/m1/s1. The van der Waals surface area contributed by atoms with E-state index in [2.05, 4.69) is 4.72 Å². The van der Waals surface area contributed by atoms with Crippen LogP contribution in [0.3, 0.4) is 0 Å². The highest BCUT2D eigenvalue weighted by atomic mass is 32.2. The molecule has 7 heteroatoms. The van der Waals surface area contributed by atoms with Crippen molar-refractivity contribution in [3.63, 3.8) is 0 Å². The van der Waals surface area contributed by atoms with Crippen molar-refractivity contribution in [1.29, 1.82) is 0 Å². The molecule has 1 saturated carbocycles. The average molecular weight is 393 g/mol. The van der Waals surface area contributed by atoms with Crippen LogP contribution in [0.4, 0.5) is 0 Å². The second-order valence-corrected chi connectivity index (χ2v) is 10.4. The van der Waals surface area contributed by atoms with Crippen LogP contribution in [0.5, 0.6) is 0 Å². The number of carbonyl (C=O) groups is 2. The third-order valence-electron chi connectivity index (χ3n) is 5.26. The van der Waals surface area contributed by atoms with Crippen LogP contribution in [-0.2, 0) is 26.2 Å². The minimum absolute atomic E-state index is 0.109. The highest BCUT2D eigenvalue weighted by Crippen LogP contribution is 2.38. The van der Waals surface area contributed by atoms with E-state index in [1.807, 2.05) is 0 Å². The quantitative estimate of drug-likeness (QED) is 0.799. The summed E-state index contributed by atoms with van der Waals surface area (Å²) in [6.45, 7) is 7.22. The maximum Gasteiger partial charge on any atom is 0.241 e. The number of nitrogens with one attached hydrogen (secondary N) is 1. The molecule has 1 heterocycles. The van der Waals surface area contributed by atoms with E-state index in [0.717, 1.165) is 25.7 Å². The van der Waals surface area contributed by atoms with Crippen molar-refractivity contribution in [2.75, 3.05) is 0 Å². The minimum Gasteiger partial charge on any atom is -0.278 e. The molecule has 6 nitrogen and oxygen atoms in total. The molecule has 1 aliphatic carbocycles. The van der Waals surface area contributed by atoms with Crippen molar-refractivity contribution in [1.82, 2.24) is 9.62 Å². The number of fused-ring (bicyclic) bond motifs is 1. The van der Waals surface area contributed by atoms with E-state index in [9.17, 15) is 18.0 Å². The Labute approximate surface area is 161 Å². The minimum atomic E-state index is -3.69. The molecule has 27 heavy (non-hydrogen) atoms. The third kappa shape index (κ3) is 4.09. The summed E-state index contributed by atoms with van der Waals surface area (Å²) in [5.74, 6) is -0.602. The predicted molar refractivity (Wildman–Crippen MR) is 102 cm³/mol. The van der Waals surface area contributed by atoms with Gasteiger partial charge in [-0.05, 0) is 57.7 Å². The lowest BCUT2D eigenvalue weighted by molar-refractivity contribution is -0.140. The molecule has 0 unspecified atom stereocenters. The molecule has 1 aromatic rings. The summed E-state index contributed by atoms with van der Waals surface area (Å²) in [7, 11) is -3.69. The third-order valence-corrected chi connectivity index (χ3v) is 7.16. The Morgan fingerprint density at radius 1 is 1.07 bits per heavy atom. The fourth-order valence-electron chi connectivity index (χ4n) is 4.06. The Hall–Kier alpha value is -1.73. The summed E-state index contributed by atoms with van der Waals surface area (Å²) < 4.78 is 28.1. The van der Waals surface area contributed by atoms with E-state index < -0.39 is 15.6 Å². The number of imide groups is 1. The second-order valence-electron chi connectivity index (χ2n) is 8.72. The van der Waals surface area contributed by atoms with Gasteiger partial charge in [0.25, 0.3) is 0 Å². The Bertz CT molecular complexity index is 846. The maximum absolute atomic E-state index is 12.7. The lowest BCUT2D eigenvalue weighted by Crippen LogP contribution is -2.40. The van der Waals surface area contributed by atoms with E-state index >= 15 is 0 Å². The Morgan fingerprint density at radius 2 is 1.63 bits per heavy atom. The maximum atomic E-state index is 12.7. The predicted octanol–water partition coefficient (Wildman–Crippen LogP) is 2.75. The first-order valence-corrected chi connectivity index (χ1v) is 11.0. The lowest BCUT2D eigenvalue weighted by atomic mass is 9.81. The van der Waals surface area contributed by atoms with Crippen molar-refractivity contribution in [2.24, 2.45) is 11.8 Å². The molecule has 2 fully saturated rings. The largest absolute Gasteiger partial charge is 0.278 e. The van der Waals surface area contributed by atoms with Gasteiger partial charge in [-0.25, -0.2) is 13.1 Å². The van der Waals surface area contributed by atoms with Gasteiger partial charge in [0.1, 0.15) is 0 Å². The normalized spacial score (nSPS) is 23.6. The molecule has 1 aliphatic heterocycles. The molecule has 2 aliphatic rings. The summed E-state index contributed by atoms with van der Waals surface area (Å²) in [6.07, 6.45) is 3.52. The first-order valence-electron chi connectivity index (χ1n) is 9.48. The van der Waals surface area contributed by atoms with E-state index in [-0.39, 0.29) is 35.1 Å². The van der Waals surface area contributed by atoms with Crippen molar-refractivity contribution in [3.05, 3.63) is 29.3 Å². The van der Waals surface area contributed by atoms with Gasteiger partial charge in [-0.15, -0.1) is 0 Å². The molecule has 1 aromatic carbocycles. The fraction of sp³-hybridized carbons (Fsp3) is 0.600. The zero-order valence-electron chi connectivity index (χ0n) is 16.4. The van der Waals surface area contributed by atoms with Gasteiger partial charge in [0.05, 0.1) is 23.3 Å². The number of rotatable bonds is 4. The number of aryl methyl sites for hydroxylation is 1. The van der Waals surface area contributed by atoms with Crippen molar-refractivity contribution >= 4 is 21.8 Å². The van der Waals surface area contributed by atoms with Crippen LogP contribution in [0, 0.1) is 18.8 Å². The Morgan fingerprint density at radius 3 is 2.15 bits per heavy atom. The smallest absolute Gasteiger partial charge is 0.241 e. The number of likely N-dealkylation sites (tertiary alicyclic amines) is 1. The van der Waals surface area contributed by atoms with Crippen LogP contribution >= 0.6 is 0 Å². The zero-order chi connectivity index (χ0) is 20.0. The van der Waals surface area contributed by atoms with Gasteiger partial charge in [0.15, 0.2) is 0 Å². The molecule has 148 valence electrons. The number of benzene rings is 1. The number of carbonyl (C=O) groups excluding carboxylic acids is 2. The highest BCUT2D eigenvalue weighted by molar-refractivity contribution is 7.89. The summed E-state index contributed by atoms with van der Waals surface area (Å²) in [4.78, 5) is 26.8. The molecular weight excluding hydrogens is 364 g/mol. The second kappa shape index (κ2) is 7.02. The molecule has 0 bridgehead atoms. The van der Waals surface area contributed by atoms with Crippen LogP contribution in [0.15, 0.2) is 23.1 Å². The summed E-state index contributed by atoms with van der Waals surface area (Å²) >= 11 is 0. The van der Waals surface area contributed by atoms with Gasteiger partial charge in [-0.2, -0.15) is 0 Å². The fourth-order valence-corrected chi connectivity index (χ4v) is 5.77. The first-order chi connectivity index (χ1) is 12.5. The molecule has 1 N–H and O–H groups in total. The van der Waals surface area contributed by atoms with Gasteiger partial charge in [0, 0.05) is 5.54 Å². The van der Waals surface area contributed by atoms with Crippen LogP contribution in [0.1, 0.15) is 57.6 Å². The zero-order valence-corrected chi connectivity index (χ0v) is 17.2. The number of hydrogen-bond donors (Lipinski definition) is 1. The van der Waals surface area contributed by atoms with E-state index in [1.54, 1.807) is 45.9 Å². The number of hydrogen-bond acceptors (Lipinski definition) is 4. The van der Waals surface area contributed by atoms with Gasteiger partial charge >= 0.3 is 0 Å². The topological polar surface area (TPSA) is 83.6 Å². The van der Waals surface area contributed by atoms with Gasteiger partial charge in [0.2, 0.25) is 21.8 Å². The molecule has 0 radical (unpaired) electrons. The summed E-state index contributed by atoms with van der Waals surface area (Å²) in [5.41, 5.74) is 0.677. The molecule has 2 atom stereocenters.